The second-order valence-electron chi connectivity index (χ2n) is 3.69. The number of aromatic nitrogens is 2. The molecule has 0 aliphatic heterocycles. The molecule has 76 valence electrons. The van der Waals surface area contributed by atoms with E-state index in [1.165, 1.54) is 0 Å². The summed E-state index contributed by atoms with van der Waals surface area (Å²) < 4.78 is 1.92. The van der Waals surface area contributed by atoms with Crippen LogP contribution in [0.4, 0.5) is 0 Å². The van der Waals surface area contributed by atoms with E-state index in [0.29, 0.717) is 12.3 Å². The van der Waals surface area contributed by atoms with Gasteiger partial charge in [-0.3, -0.25) is 4.68 Å². The van der Waals surface area contributed by atoms with Gasteiger partial charge < -0.3 is 4.79 Å². The topological polar surface area (TPSA) is 34.9 Å². The first kappa shape index (κ1) is 10.7. The maximum absolute atomic E-state index is 10.1. The number of nitrogens with zero attached hydrogens (tertiary/aromatic N) is 2. The van der Waals surface area contributed by atoms with Crippen LogP contribution >= 0.6 is 0 Å². The number of carbonyl (C=O) groups excluding carboxylic acids is 1. The third-order valence-corrected chi connectivity index (χ3v) is 1.75. The zero-order valence-corrected chi connectivity index (χ0v) is 8.68. The fourth-order valence-electron chi connectivity index (χ4n) is 1.20. The molecule has 1 aromatic rings. The van der Waals surface area contributed by atoms with Crippen LogP contribution in [0.25, 0.3) is 6.08 Å². The van der Waals surface area contributed by atoms with Gasteiger partial charge in [-0.25, -0.2) is 0 Å². The fraction of sp³-hybridized carbons (Fsp3) is 0.455. The van der Waals surface area contributed by atoms with E-state index in [0.717, 1.165) is 18.4 Å². The van der Waals surface area contributed by atoms with Gasteiger partial charge in [0.1, 0.15) is 6.29 Å². The summed E-state index contributed by atoms with van der Waals surface area (Å²) in [6.45, 7) is 5.24. The van der Waals surface area contributed by atoms with Crippen LogP contribution in [0.1, 0.15) is 25.8 Å². The zero-order chi connectivity index (χ0) is 10.4. The Morgan fingerprint density at radius 2 is 2.36 bits per heavy atom. The Hall–Kier alpha value is -1.38. The molecule has 1 rings (SSSR count). The van der Waals surface area contributed by atoms with E-state index in [4.69, 9.17) is 0 Å². The Bertz CT molecular complexity index is 313. The summed E-state index contributed by atoms with van der Waals surface area (Å²) in [4.78, 5) is 10.1. The lowest BCUT2D eigenvalue weighted by Gasteiger charge is -2.02. The first-order valence-electron chi connectivity index (χ1n) is 4.85. The molecule has 0 atom stereocenters. The van der Waals surface area contributed by atoms with E-state index in [1.807, 2.05) is 29.2 Å². The van der Waals surface area contributed by atoms with Gasteiger partial charge in [0, 0.05) is 24.7 Å². The van der Waals surface area contributed by atoms with Crippen molar-refractivity contribution in [1.29, 1.82) is 0 Å². The summed E-state index contributed by atoms with van der Waals surface area (Å²) in [7, 11) is 0. The highest BCUT2D eigenvalue weighted by Crippen LogP contribution is 2.03. The number of hydrogen-bond donors (Lipinski definition) is 0. The van der Waals surface area contributed by atoms with Gasteiger partial charge in [-0.15, -0.1) is 0 Å². The number of rotatable bonds is 5. The van der Waals surface area contributed by atoms with Crippen molar-refractivity contribution >= 4 is 12.4 Å². The molecule has 1 heterocycles. The number of allylic oxidation sites excluding steroid dienone is 1. The maximum Gasteiger partial charge on any atom is 0.123 e. The number of aldehydes is 1. The Balaban J connectivity index is 2.54. The molecule has 3 heteroatoms. The van der Waals surface area contributed by atoms with E-state index in [2.05, 4.69) is 18.9 Å². The minimum atomic E-state index is 0.468. The molecule has 0 unspecified atom stereocenters. The third kappa shape index (κ3) is 3.56. The van der Waals surface area contributed by atoms with Gasteiger partial charge in [-0.2, -0.15) is 5.10 Å². The van der Waals surface area contributed by atoms with Crippen molar-refractivity contribution < 1.29 is 4.79 Å². The molecule has 0 saturated heterocycles. The maximum atomic E-state index is 10.1. The van der Waals surface area contributed by atoms with Crippen LogP contribution in [0.15, 0.2) is 18.5 Å². The largest absolute Gasteiger partial charge is 0.303 e. The van der Waals surface area contributed by atoms with E-state index in [1.54, 1.807) is 0 Å². The van der Waals surface area contributed by atoms with E-state index in [9.17, 15) is 4.79 Å². The number of carbonyl (C=O) groups is 1. The highest BCUT2D eigenvalue weighted by atomic mass is 16.1. The Labute approximate surface area is 84.4 Å². The van der Waals surface area contributed by atoms with Crippen molar-refractivity contribution in [3.8, 4) is 0 Å². The molecule has 0 aliphatic carbocycles. The fourth-order valence-corrected chi connectivity index (χ4v) is 1.20. The first-order chi connectivity index (χ1) is 6.72. The summed E-state index contributed by atoms with van der Waals surface area (Å²) >= 11 is 0. The minimum Gasteiger partial charge on any atom is -0.303 e. The zero-order valence-electron chi connectivity index (χ0n) is 8.68. The second-order valence-corrected chi connectivity index (χ2v) is 3.69. The monoisotopic (exact) mass is 192 g/mol. The highest BCUT2D eigenvalue weighted by molar-refractivity contribution is 5.57. The molecule has 14 heavy (non-hydrogen) atoms. The van der Waals surface area contributed by atoms with Crippen LogP contribution in [0, 0.1) is 5.92 Å². The van der Waals surface area contributed by atoms with Gasteiger partial charge in [-0.05, 0) is 5.92 Å². The predicted octanol–water partition coefficient (Wildman–Crippen LogP) is 2.14. The van der Waals surface area contributed by atoms with Crippen LogP contribution < -0.4 is 0 Å². The molecular formula is C11H16N2O. The van der Waals surface area contributed by atoms with E-state index >= 15 is 0 Å². The summed E-state index contributed by atoms with van der Waals surface area (Å²) in [6.07, 6.45) is 8.90. The van der Waals surface area contributed by atoms with Crippen molar-refractivity contribution in [2.75, 3.05) is 0 Å². The van der Waals surface area contributed by atoms with Crippen molar-refractivity contribution in [1.82, 2.24) is 9.78 Å². The van der Waals surface area contributed by atoms with Crippen LogP contribution in [0.5, 0.6) is 0 Å². The number of hydrogen-bond acceptors (Lipinski definition) is 2. The minimum absolute atomic E-state index is 0.468. The van der Waals surface area contributed by atoms with Crippen LogP contribution in [0.3, 0.4) is 0 Å². The van der Waals surface area contributed by atoms with Gasteiger partial charge >= 0.3 is 0 Å². The summed E-state index contributed by atoms with van der Waals surface area (Å²) in [5.74, 6) is 0.599. The average Bonchev–Trinajstić information content (AvgIpc) is 2.52. The van der Waals surface area contributed by atoms with Crippen molar-refractivity contribution in [3.05, 3.63) is 24.0 Å². The second kappa shape index (κ2) is 5.37. The first-order valence-corrected chi connectivity index (χ1v) is 4.85. The predicted molar refractivity (Wildman–Crippen MR) is 56.8 cm³/mol. The van der Waals surface area contributed by atoms with Crippen LogP contribution in [0.2, 0.25) is 0 Å². The standard InChI is InChI=1S/C11H16N2O/c1-10(2)8-13-9-11(7-12-13)5-3-4-6-14/h3,5-7,9-10H,4,8H2,1-2H3. The van der Waals surface area contributed by atoms with Gasteiger partial charge in [0.05, 0.1) is 6.20 Å². The highest BCUT2D eigenvalue weighted by Gasteiger charge is 1.97. The van der Waals surface area contributed by atoms with Crippen molar-refractivity contribution in [2.45, 2.75) is 26.8 Å². The molecule has 0 radical (unpaired) electrons. The summed E-state index contributed by atoms with van der Waals surface area (Å²) in [5, 5.41) is 4.21. The smallest absolute Gasteiger partial charge is 0.123 e. The molecule has 0 saturated carbocycles. The molecule has 0 aromatic carbocycles. The average molecular weight is 192 g/mol. The van der Waals surface area contributed by atoms with E-state index in [-0.39, 0.29) is 0 Å². The lowest BCUT2D eigenvalue weighted by molar-refractivity contribution is -0.107. The lowest BCUT2D eigenvalue weighted by Crippen LogP contribution is -2.03. The Morgan fingerprint density at radius 3 is 3.00 bits per heavy atom. The Kier molecular flexibility index (Phi) is 4.11. The Morgan fingerprint density at radius 1 is 1.57 bits per heavy atom. The van der Waals surface area contributed by atoms with Crippen LogP contribution in [-0.4, -0.2) is 16.1 Å². The molecule has 0 fully saturated rings. The molecular weight excluding hydrogens is 176 g/mol. The molecule has 0 spiro atoms. The SMILES string of the molecule is CC(C)Cn1cc(C=CCC=O)cn1. The van der Waals surface area contributed by atoms with E-state index < -0.39 is 0 Å². The normalized spacial score (nSPS) is 11.4. The molecule has 0 amide bonds. The molecule has 1 aromatic heterocycles. The molecule has 3 nitrogen and oxygen atoms in total. The third-order valence-electron chi connectivity index (χ3n) is 1.75. The summed E-state index contributed by atoms with van der Waals surface area (Å²) in [6, 6.07) is 0. The van der Waals surface area contributed by atoms with Gasteiger partial charge in [0.15, 0.2) is 0 Å². The van der Waals surface area contributed by atoms with Gasteiger partial charge in [0.2, 0.25) is 0 Å². The van der Waals surface area contributed by atoms with Crippen molar-refractivity contribution in [2.24, 2.45) is 5.92 Å². The quantitative estimate of drug-likeness (QED) is 0.670. The van der Waals surface area contributed by atoms with Gasteiger partial charge in [0.25, 0.3) is 0 Å². The van der Waals surface area contributed by atoms with Crippen LogP contribution in [-0.2, 0) is 11.3 Å². The molecule has 0 bridgehead atoms. The van der Waals surface area contributed by atoms with Crippen molar-refractivity contribution in [3.63, 3.8) is 0 Å². The van der Waals surface area contributed by atoms with Gasteiger partial charge in [-0.1, -0.05) is 26.0 Å². The molecule has 0 aliphatic rings. The summed E-state index contributed by atoms with van der Waals surface area (Å²) in [5.41, 5.74) is 1.05. The molecule has 0 N–H and O–H groups in total. The lowest BCUT2D eigenvalue weighted by atomic mass is 10.2.